The Kier molecular flexibility index (Phi) is 7.53. The average Bonchev–Trinajstić information content (AvgIpc) is 3.25. The maximum atomic E-state index is 13.0. The monoisotopic (exact) mass is 551 g/mol. The maximum absolute atomic E-state index is 13.0. The molecule has 1 N–H and O–H groups in total. The van der Waals surface area contributed by atoms with E-state index >= 15 is 0 Å². The number of amides is 1. The first-order valence-corrected chi connectivity index (χ1v) is 13.6. The zero-order valence-corrected chi connectivity index (χ0v) is 22.5. The third kappa shape index (κ3) is 5.19. The Hall–Kier alpha value is -3.62. The fourth-order valence-electron chi connectivity index (χ4n) is 4.63. The van der Waals surface area contributed by atoms with Crippen molar-refractivity contribution in [2.75, 3.05) is 18.5 Å². The molecule has 0 fully saturated rings. The van der Waals surface area contributed by atoms with Gasteiger partial charge >= 0.3 is 5.97 Å². The Bertz CT molecular complexity index is 1590. The lowest BCUT2D eigenvalue weighted by atomic mass is 9.88. The molecule has 1 unspecified atom stereocenters. The molecule has 196 valence electrons. The van der Waals surface area contributed by atoms with E-state index in [4.69, 9.17) is 25.5 Å². The van der Waals surface area contributed by atoms with Gasteiger partial charge in [-0.1, -0.05) is 36.7 Å². The number of esters is 1. The molecule has 2 aromatic heterocycles. The number of halogens is 1. The summed E-state index contributed by atoms with van der Waals surface area (Å²) in [5.74, 6) is 0.0669. The quantitative estimate of drug-likeness (QED) is 0.264. The van der Waals surface area contributed by atoms with E-state index in [1.54, 1.807) is 49.4 Å². The van der Waals surface area contributed by atoms with E-state index in [0.29, 0.717) is 49.4 Å². The number of carbonyl (C=O) groups is 2. The van der Waals surface area contributed by atoms with Crippen molar-refractivity contribution < 1.29 is 23.5 Å². The SMILES string of the molecule is CCOC(=O)c1c(NC(=O)COc2ccc3c(=O)c(-c4ccccc4Cl)coc3c2)sc2c1CCC(C)C2. The molecule has 1 amide bonds. The number of ether oxygens (including phenoxy) is 2. The lowest BCUT2D eigenvalue weighted by Crippen LogP contribution is -2.21. The first kappa shape index (κ1) is 26.0. The Morgan fingerprint density at radius 2 is 2.00 bits per heavy atom. The van der Waals surface area contributed by atoms with Gasteiger partial charge in [0, 0.05) is 21.5 Å². The molecule has 1 atom stereocenters. The van der Waals surface area contributed by atoms with E-state index in [0.717, 1.165) is 29.7 Å². The molecule has 2 heterocycles. The molecule has 0 bridgehead atoms. The highest BCUT2D eigenvalue weighted by Crippen LogP contribution is 2.40. The first-order valence-electron chi connectivity index (χ1n) is 12.4. The number of fused-ring (bicyclic) bond motifs is 2. The summed E-state index contributed by atoms with van der Waals surface area (Å²) < 4.78 is 16.7. The first-order chi connectivity index (χ1) is 18.4. The van der Waals surface area contributed by atoms with Crippen LogP contribution in [0.15, 0.2) is 57.9 Å². The topological polar surface area (TPSA) is 94.8 Å². The van der Waals surface area contributed by atoms with Crippen LogP contribution in [0.1, 0.15) is 41.1 Å². The van der Waals surface area contributed by atoms with Crippen LogP contribution in [0.3, 0.4) is 0 Å². The molecule has 1 aliphatic rings. The molecule has 0 aliphatic heterocycles. The van der Waals surface area contributed by atoms with Gasteiger partial charge in [-0.25, -0.2) is 4.79 Å². The zero-order valence-electron chi connectivity index (χ0n) is 21.0. The van der Waals surface area contributed by atoms with Gasteiger partial charge in [-0.3, -0.25) is 9.59 Å². The Balaban J connectivity index is 1.32. The molecule has 0 radical (unpaired) electrons. The van der Waals surface area contributed by atoms with Crippen LogP contribution in [0.5, 0.6) is 5.75 Å². The van der Waals surface area contributed by atoms with Gasteiger partial charge in [0.05, 0.1) is 23.1 Å². The standard InChI is InChI=1S/C29H26ClNO6S/c1-3-35-29(34)26-20-10-8-16(2)12-24(20)38-28(26)31-25(32)15-36-17-9-11-19-23(13-17)37-14-21(27(19)33)18-6-4-5-7-22(18)30/h4-7,9,11,13-14,16H,3,8,10,12,15H2,1-2H3,(H,31,32). The van der Waals surface area contributed by atoms with Crippen LogP contribution < -0.4 is 15.5 Å². The van der Waals surface area contributed by atoms with Crippen LogP contribution in [0.25, 0.3) is 22.1 Å². The summed E-state index contributed by atoms with van der Waals surface area (Å²) in [6.07, 6.45) is 4.02. The largest absolute Gasteiger partial charge is 0.484 e. The van der Waals surface area contributed by atoms with Gasteiger partial charge in [0.2, 0.25) is 5.43 Å². The van der Waals surface area contributed by atoms with E-state index in [1.165, 1.54) is 17.6 Å². The third-order valence-corrected chi connectivity index (χ3v) is 8.02. The van der Waals surface area contributed by atoms with Crippen molar-refractivity contribution in [3.8, 4) is 16.9 Å². The molecule has 1 aliphatic carbocycles. The molecule has 5 rings (SSSR count). The van der Waals surface area contributed by atoms with Gasteiger partial charge in [0.1, 0.15) is 22.6 Å². The highest BCUT2D eigenvalue weighted by molar-refractivity contribution is 7.17. The molecule has 4 aromatic rings. The van der Waals surface area contributed by atoms with Crippen LogP contribution in [-0.4, -0.2) is 25.1 Å². The lowest BCUT2D eigenvalue weighted by Gasteiger charge is -2.18. The van der Waals surface area contributed by atoms with E-state index in [9.17, 15) is 14.4 Å². The Morgan fingerprint density at radius 1 is 1.18 bits per heavy atom. The van der Waals surface area contributed by atoms with Crippen molar-refractivity contribution in [2.45, 2.75) is 33.1 Å². The van der Waals surface area contributed by atoms with Gasteiger partial charge in [0.25, 0.3) is 5.91 Å². The smallest absolute Gasteiger partial charge is 0.341 e. The number of hydrogen-bond donors (Lipinski definition) is 1. The second kappa shape index (κ2) is 11.0. The molecule has 0 saturated carbocycles. The van der Waals surface area contributed by atoms with Crippen molar-refractivity contribution in [3.63, 3.8) is 0 Å². The summed E-state index contributed by atoms with van der Waals surface area (Å²) in [4.78, 5) is 39.6. The molecular weight excluding hydrogens is 526 g/mol. The molecule has 0 saturated heterocycles. The second-order valence-corrected chi connectivity index (χ2v) is 10.7. The van der Waals surface area contributed by atoms with Crippen LogP contribution in [0.4, 0.5) is 5.00 Å². The van der Waals surface area contributed by atoms with Gasteiger partial charge in [-0.2, -0.15) is 0 Å². The average molecular weight is 552 g/mol. The number of hydrogen-bond acceptors (Lipinski definition) is 7. The fourth-order valence-corrected chi connectivity index (χ4v) is 6.29. The summed E-state index contributed by atoms with van der Waals surface area (Å²) in [5, 5.41) is 4.16. The Morgan fingerprint density at radius 3 is 2.79 bits per heavy atom. The number of carbonyl (C=O) groups excluding carboxylic acids is 2. The summed E-state index contributed by atoms with van der Waals surface area (Å²) in [7, 11) is 0. The number of thiophene rings is 1. The zero-order chi connectivity index (χ0) is 26.8. The van der Waals surface area contributed by atoms with Crippen LogP contribution in [0.2, 0.25) is 5.02 Å². The molecular formula is C29H26ClNO6S. The number of anilines is 1. The van der Waals surface area contributed by atoms with Gasteiger partial charge in [-0.05, 0) is 55.9 Å². The molecule has 38 heavy (non-hydrogen) atoms. The second-order valence-electron chi connectivity index (χ2n) is 9.23. The Labute approximate surface area is 228 Å². The predicted octanol–water partition coefficient (Wildman–Crippen LogP) is 6.49. The van der Waals surface area contributed by atoms with Gasteiger partial charge < -0.3 is 19.2 Å². The fraction of sp³-hybridized carbons (Fsp3) is 0.276. The van der Waals surface area contributed by atoms with Crippen LogP contribution in [-0.2, 0) is 22.4 Å². The molecule has 7 nitrogen and oxygen atoms in total. The van der Waals surface area contributed by atoms with Crippen molar-refractivity contribution in [2.24, 2.45) is 5.92 Å². The van der Waals surface area contributed by atoms with E-state index in [-0.39, 0.29) is 18.6 Å². The lowest BCUT2D eigenvalue weighted by molar-refractivity contribution is -0.118. The minimum atomic E-state index is -0.420. The molecule has 2 aromatic carbocycles. The van der Waals surface area contributed by atoms with E-state index in [1.807, 2.05) is 0 Å². The van der Waals surface area contributed by atoms with Crippen LogP contribution in [0, 0.1) is 5.92 Å². The minimum Gasteiger partial charge on any atom is -0.484 e. The predicted molar refractivity (Wildman–Crippen MR) is 149 cm³/mol. The number of nitrogens with one attached hydrogen (secondary N) is 1. The minimum absolute atomic E-state index is 0.217. The van der Waals surface area contributed by atoms with E-state index in [2.05, 4.69) is 12.2 Å². The van der Waals surface area contributed by atoms with Gasteiger partial charge in [-0.15, -0.1) is 11.3 Å². The summed E-state index contributed by atoms with van der Waals surface area (Å²) >= 11 is 7.68. The van der Waals surface area contributed by atoms with Crippen molar-refractivity contribution >= 4 is 50.8 Å². The highest BCUT2D eigenvalue weighted by atomic mass is 35.5. The summed E-state index contributed by atoms with van der Waals surface area (Å²) in [5.41, 5.74) is 2.49. The van der Waals surface area contributed by atoms with Crippen molar-refractivity contribution in [3.05, 3.63) is 80.0 Å². The summed E-state index contributed by atoms with van der Waals surface area (Å²) in [6.45, 7) is 3.92. The third-order valence-electron chi connectivity index (χ3n) is 6.52. The highest BCUT2D eigenvalue weighted by Gasteiger charge is 2.29. The van der Waals surface area contributed by atoms with Crippen molar-refractivity contribution in [1.82, 2.24) is 0 Å². The number of rotatable bonds is 7. The maximum Gasteiger partial charge on any atom is 0.341 e. The van der Waals surface area contributed by atoms with E-state index < -0.39 is 11.9 Å². The van der Waals surface area contributed by atoms with Crippen molar-refractivity contribution in [1.29, 1.82) is 0 Å². The molecule has 0 spiro atoms. The van der Waals surface area contributed by atoms with Gasteiger partial charge in [0.15, 0.2) is 6.61 Å². The summed E-state index contributed by atoms with van der Waals surface area (Å²) in [6, 6.07) is 11.8. The number of benzene rings is 2. The molecule has 9 heteroatoms. The normalized spacial score (nSPS) is 14.7. The van der Waals surface area contributed by atoms with Crippen LogP contribution >= 0.6 is 22.9 Å².